The van der Waals surface area contributed by atoms with Gasteiger partial charge in [-0.25, -0.2) is 0 Å². The lowest BCUT2D eigenvalue weighted by Crippen LogP contribution is -2.27. The number of nitro groups is 1. The standard InChI is InChI=1S/C20H18N2O3/c1-14-6-5-9-18(19(14)22(24)25)20(23)21(2)13-15-10-11-16-7-3-4-8-17(16)12-15/h3-12H,13H2,1-2H3. The number of hydrogen-bond acceptors (Lipinski definition) is 3. The van der Waals surface area contributed by atoms with Crippen molar-refractivity contribution in [3.8, 4) is 0 Å². The minimum absolute atomic E-state index is 0.119. The van der Waals surface area contributed by atoms with Gasteiger partial charge in [0.15, 0.2) is 0 Å². The Morgan fingerprint density at radius 3 is 2.48 bits per heavy atom. The Bertz CT molecular complexity index is 966. The van der Waals surface area contributed by atoms with Crippen LogP contribution in [0.25, 0.3) is 10.8 Å². The zero-order chi connectivity index (χ0) is 18.0. The number of fused-ring (bicyclic) bond motifs is 1. The van der Waals surface area contributed by atoms with Crippen LogP contribution in [0.2, 0.25) is 0 Å². The molecule has 0 saturated heterocycles. The van der Waals surface area contributed by atoms with Gasteiger partial charge in [-0.15, -0.1) is 0 Å². The average Bonchev–Trinajstić information content (AvgIpc) is 2.60. The van der Waals surface area contributed by atoms with Crippen LogP contribution in [0.15, 0.2) is 60.7 Å². The van der Waals surface area contributed by atoms with Crippen LogP contribution in [-0.2, 0) is 6.54 Å². The highest BCUT2D eigenvalue weighted by Gasteiger charge is 2.24. The van der Waals surface area contributed by atoms with Crippen molar-refractivity contribution >= 4 is 22.4 Å². The Morgan fingerprint density at radius 1 is 1.04 bits per heavy atom. The summed E-state index contributed by atoms with van der Waals surface area (Å²) in [5.41, 5.74) is 1.45. The molecular weight excluding hydrogens is 316 g/mol. The number of hydrogen-bond donors (Lipinski definition) is 0. The third kappa shape index (κ3) is 3.35. The van der Waals surface area contributed by atoms with Crippen molar-refractivity contribution in [2.45, 2.75) is 13.5 Å². The van der Waals surface area contributed by atoms with E-state index >= 15 is 0 Å². The van der Waals surface area contributed by atoms with Gasteiger partial charge >= 0.3 is 0 Å². The first-order chi connectivity index (χ1) is 12.0. The van der Waals surface area contributed by atoms with E-state index in [2.05, 4.69) is 0 Å². The summed E-state index contributed by atoms with van der Waals surface area (Å²) in [6.07, 6.45) is 0. The first-order valence-corrected chi connectivity index (χ1v) is 7.94. The molecule has 0 aromatic heterocycles. The fraction of sp³-hybridized carbons (Fsp3) is 0.150. The van der Waals surface area contributed by atoms with Gasteiger partial charge in [0.25, 0.3) is 11.6 Å². The van der Waals surface area contributed by atoms with Gasteiger partial charge in [0.05, 0.1) is 4.92 Å². The predicted molar refractivity (Wildman–Crippen MR) is 97.6 cm³/mol. The number of nitrogens with zero attached hydrogens (tertiary/aromatic N) is 2. The Labute approximate surface area is 145 Å². The van der Waals surface area contributed by atoms with E-state index in [0.717, 1.165) is 16.3 Å². The maximum absolute atomic E-state index is 12.7. The summed E-state index contributed by atoms with van der Waals surface area (Å²) < 4.78 is 0. The predicted octanol–water partition coefficient (Wildman–Crippen LogP) is 4.33. The Kier molecular flexibility index (Phi) is 4.48. The lowest BCUT2D eigenvalue weighted by molar-refractivity contribution is -0.385. The lowest BCUT2D eigenvalue weighted by Gasteiger charge is -2.18. The van der Waals surface area contributed by atoms with Gasteiger partial charge < -0.3 is 4.90 Å². The molecule has 126 valence electrons. The van der Waals surface area contributed by atoms with Gasteiger partial charge in [0.2, 0.25) is 0 Å². The molecule has 3 aromatic rings. The second-order valence-electron chi connectivity index (χ2n) is 6.07. The number of para-hydroxylation sites is 1. The molecule has 0 heterocycles. The molecule has 0 aliphatic carbocycles. The van der Waals surface area contributed by atoms with Crippen LogP contribution < -0.4 is 0 Å². The van der Waals surface area contributed by atoms with E-state index in [0.29, 0.717) is 12.1 Å². The summed E-state index contributed by atoms with van der Waals surface area (Å²) in [7, 11) is 1.66. The molecule has 3 aromatic carbocycles. The largest absolute Gasteiger partial charge is 0.337 e. The normalized spacial score (nSPS) is 10.6. The van der Waals surface area contributed by atoms with Crippen LogP contribution in [0.3, 0.4) is 0 Å². The topological polar surface area (TPSA) is 63.5 Å². The van der Waals surface area contributed by atoms with Crippen LogP contribution >= 0.6 is 0 Å². The second kappa shape index (κ2) is 6.73. The van der Waals surface area contributed by atoms with Crippen LogP contribution in [-0.4, -0.2) is 22.8 Å². The van der Waals surface area contributed by atoms with Gasteiger partial charge in [-0.2, -0.15) is 0 Å². The number of nitro benzene ring substituents is 1. The fourth-order valence-corrected chi connectivity index (χ4v) is 2.96. The van der Waals surface area contributed by atoms with Gasteiger partial charge in [0, 0.05) is 19.2 Å². The molecular formula is C20H18N2O3. The number of aryl methyl sites for hydroxylation is 1. The maximum Gasteiger partial charge on any atom is 0.285 e. The molecule has 0 spiro atoms. The minimum Gasteiger partial charge on any atom is -0.337 e. The van der Waals surface area contributed by atoms with E-state index in [1.807, 2.05) is 42.5 Å². The van der Waals surface area contributed by atoms with Crippen LogP contribution in [0, 0.1) is 17.0 Å². The van der Waals surface area contributed by atoms with Crippen LogP contribution in [0.1, 0.15) is 21.5 Å². The molecule has 0 fully saturated rings. The summed E-state index contributed by atoms with van der Waals surface area (Å²) in [6, 6.07) is 18.8. The maximum atomic E-state index is 12.7. The fourth-order valence-electron chi connectivity index (χ4n) is 2.96. The van der Waals surface area contributed by atoms with Crippen molar-refractivity contribution < 1.29 is 9.72 Å². The van der Waals surface area contributed by atoms with Crippen molar-refractivity contribution in [2.75, 3.05) is 7.05 Å². The smallest absolute Gasteiger partial charge is 0.285 e. The summed E-state index contributed by atoms with van der Waals surface area (Å²) in [6.45, 7) is 2.02. The van der Waals surface area contributed by atoms with E-state index in [1.54, 1.807) is 26.1 Å². The van der Waals surface area contributed by atoms with Gasteiger partial charge in [-0.05, 0) is 35.4 Å². The van der Waals surface area contributed by atoms with Crippen molar-refractivity contribution in [3.63, 3.8) is 0 Å². The Balaban J connectivity index is 1.88. The van der Waals surface area contributed by atoms with E-state index in [1.165, 1.54) is 11.0 Å². The first kappa shape index (κ1) is 16.6. The minimum atomic E-state index is -0.494. The van der Waals surface area contributed by atoms with Crippen LogP contribution in [0.5, 0.6) is 0 Å². The van der Waals surface area contributed by atoms with E-state index in [-0.39, 0.29) is 17.2 Å². The van der Waals surface area contributed by atoms with Crippen molar-refractivity contribution in [3.05, 3.63) is 87.5 Å². The van der Waals surface area contributed by atoms with E-state index in [9.17, 15) is 14.9 Å². The molecule has 0 radical (unpaired) electrons. The molecule has 0 N–H and O–H groups in total. The number of carbonyl (C=O) groups is 1. The van der Waals surface area contributed by atoms with Crippen LogP contribution in [0.4, 0.5) is 5.69 Å². The van der Waals surface area contributed by atoms with E-state index in [4.69, 9.17) is 0 Å². The third-order valence-corrected chi connectivity index (χ3v) is 4.23. The molecule has 0 atom stereocenters. The zero-order valence-corrected chi connectivity index (χ0v) is 14.1. The zero-order valence-electron chi connectivity index (χ0n) is 14.1. The monoisotopic (exact) mass is 334 g/mol. The first-order valence-electron chi connectivity index (χ1n) is 7.94. The lowest BCUT2D eigenvalue weighted by atomic mass is 10.1. The van der Waals surface area contributed by atoms with Gasteiger partial charge in [-0.1, -0.05) is 48.5 Å². The second-order valence-corrected chi connectivity index (χ2v) is 6.07. The SMILES string of the molecule is Cc1cccc(C(=O)N(C)Cc2ccc3ccccc3c2)c1[N+](=O)[O-]. The summed E-state index contributed by atoms with van der Waals surface area (Å²) in [5.74, 6) is -0.358. The van der Waals surface area contributed by atoms with Crippen molar-refractivity contribution in [1.29, 1.82) is 0 Å². The average molecular weight is 334 g/mol. The van der Waals surface area contributed by atoms with Crippen molar-refractivity contribution in [2.24, 2.45) is 0 Å². The summed E-state index contributed by atoms with van der Waals surface area (Å²) in [4.78, 5) is 25.0. The number of carbonyl (C=O) groups excluding carboxylic acids is 1. The molecule has 0 unspecified atom stereocenters. The molecule has 3 rings (SSSR count). The molecule has 0 saturated carbocycles. The summed E-state index contributed by atoms with van der Waals surface area (Å²) >= 11 is 0. The molecule has 5 nitrogen and oxygen atoms in total. The molecule has 25 heavy (non-hydrogen) atoms. The molecule has 1 amide bonds. The van der Waals surface area contributed by atoms with Gasteiger partial charge in [0.1, 0.15) is 5.56 Å². The van der Waals surface area contributed by atoms with Gasteiger partial charge in [-0.3, -0.25) is 14.9 Å². The molecule has 0 bridgehead atoms. The third-order valence-electron chi connectivity index (χ3n) is 4.23. The number of rotatable bonds is 4. The highest BCUT2D eigenvalue weighted by atomic mass is 16.6. The molecule has 0 aliphatic heterocycles. The van der Waals surface area contributed by atoms with E-state index < -0.39 is 4.92 Å². The Hall–Kier alpha value is -3.21. The quantitative estimate of drug-likeness (QED) is 0.527. The summed E-state index contributed by atoms with van der Waals surface area (Å²) in [5, 5.41) is 13.5. The Morgan fingerprint density at radius 2 is 1.76 bits per heavy atom. The van der Waals surface area contributed by atoms with Crippen molar-refractivity contribution in [1.82, 2.24) is 4.90 Å². The molecule has 0 aliphatic rings. The highest BCUT2D eigenvalue weighted by Crippen LogP contribution is 2.25. The highest BCUT2D eigenvalue weighted by molar-refractivity contribution is 5.98. The number of amides is 1. The number of benzene rings is 3. The molecule has 5 heteroatoms.